The van der Waals surface area contributed by atoms with Crippen molar-refractivity contribution in [3.05, 3.63) is 18.0 Å². The molecule has 0 aromatic carbocycles. The molecule has 0 atom stereocenters. The Balaban J connectivity index is 2.55. The molecule has 0 aliphatic carbocycles. The van der Waals surface area contributed by atoms with E-state index in [-0.39, 0.29) is 0 Å². The molecule has 0 unspecified atom stereocenters. The van der Waals surface area contributed by atoms with Crippen LogP contribution >= 0.6 is 0 Å². The summed E-state index contributed by atoms with van der Waals surface area (Å²) >= 11 is 0. The van der Waals surface area contributed by atoms with E-state index in [2.05, 4.69) is 55.1 Å². The van der Waals surface area contributed by atoms with Crippen molar-refractivity contribution in [1.29, 1.82) is 0 Å². The smallest absolute Gasteiger partial charge is 0.0762 e. The largest absolute Gasteiger partial charge is 0.309 e. The van der Waals surface area contributed by atoms with Gasteiger partial charge in [0.2, 0.25) is 0 Å². The van der Waals surface area contributed by atoms with Gasteiger partial charge in [-0.2, -0.15) is 5.10 Å². The minimum absolute atomic E-state index is 0.517. The summed E-state index contributed by atoms with van der Waals surface area (Å²) in [6, 6.07) is 3.18. The van der Waals surface area contributed by atoms with Gasteiger partial charge in [0, 0.05) is 18.8 Å². The molecule has 0 aliphatic rings. The third-order valence-electron chi connectivity index (χ3n) is 2.67. The number of hydrogen-bond donors (Lipinski definition) is 1. The Bertz CT molecular complexity index is 274. The van der Waals surface area contributed by atoms with Gasteiger partial charge in [-0.3, -0.25) is 4.68 Å². The maximum Gasteiger partial charge on any atom is 0.0762 e. The fraction of sp³-hybridized carbons (Fsp3) is 0.750. The van der Waals surface area contributed by atoms with Crippen LogP contribution in [0.5, 0.6) is 0 Å². The monoisotopic (exact) mass is 209 g/mol. The highest BCUT2D eigenvalue weighted by Gasteiger charge is 2.07. The van der Waals surface area contributed by atoms with Gasteiger partial charge in [-0.25, -0.2) is 0 Å². The van der Waals surface area contributed by atoms with E-state index in [1.54, 1.807) is 0 Å². The first-order valence-corrected chi connectivity index (χ1v) is 5.94. The zero-order valence-corrected chi connectivity index (χ0v) is 10.3. The van der Waals surface area contributed by atoms with E-state index in [0.29, 0.717) is 12.1 Å². The van der Waals surface area contributed by atoms with Crippen LogP contribution in [0.2, 0.25) is 0 Å². The van der Waals surface area contributed by atoms with E-state index in [4.69, 9.17) is 0 Å². The fourth-order valence-electron chi connectivity index (χ4n) is 1.65. The lowest BCUT2D eigenvalue weighted by atomic mass is 10.2. The molecule has 0 saturated heterocycles. The topological polar surface area (TPSA) is 29.9 Å². The highest BCUT2D eigenvalue weighted by atomic mass is 15.3. The van der Waals surface area contributed by atoms with Crippen LogP contribution in [0.25, 0.3) is 0 Å². The number of aromatic nitrogens is 2. The molecule has 1 rings (SSSR count). The second kappa shape index (κ2) is 5.91. The van der Waals surface area contributed by atoms with Gasteiger partial charge in [-0.1, -0.05) is 27.7 Å². The van der Waals surface area contributed by atoms with Crippen LogP contribution in [-0.4, -0.2) is 15.8 Å². The summed E-state index contributed by atoms with van der Waals surface area (Å²) in [5, 5.41) is 7.95. The molecule has 1 N–H and O–H groups in total. The van der Waals surface area contributed by atoms with Gasteiger partial charge >= 0.3 is 0 Å². The van der Waals surface area contributed by atoms with Crippen molar-refractivity contribution >= 4 is 0 Å². The normalized spacial score (nSPS) is 11.6. The van der Waals surface area contributed by atoms with Gasteiger partial charge in [0.25, 0.3) is 0 Å². The highest BCUT2D eigenvalue weighted by molar-refractivity contribution is 4.99. The minimum Gasteiger partial charge on any atom is -0.309 e. The summed E-state index contributed by atoms with van der Waals surface area (Å²) in [7, 11) is 0. The summed E-state index contributed by atoms with van der Waals surface area (Å²) in [6.45, 7) is 9.59. The molecule has 0 bridgehead atoms. The fourth-order valence-corrected chi connectivity index (χ4v) is 1.65. The van der Waals surface area contributed by atoms with Crippen molar-refractivity contribution in [1.82, 2.24) is 15.1 Å². The van der Waals surface area contributed by atoms with Crippen molar-refractivity contribution in [2.75, 3.05) is 0 Å². The number of nitrogens with zero attached hydrogens (tertiary/aromatic N) is 2. The molecule has 0 saturated carbocycles. The molecule has 0 amide bonds. The van der Waals surface area contributed by atoms with Gasteiger partial charge in [-0.15, -0.1) is 0 Å². The summed E-state index contributed by atoms with van der Waals surface area (Å²) in [6.07, 6.45) is 4.39. The van der Waals surface area contributed by atoms with Gasteiger partial charge in [-0.05, 0) is 18.9 Å². The van der Waals surface area contributed by atoms with Crippen molar-refractivity contribution in [3.8, 4) is 0 Å². The summed E-state index contributed by atoms with van der Waals surface area (Å²) in [5.41, 5.74) is 1.13. The Morgan fingerprint density at radius 3 is 2.53 bits per heavy atom. The van der Waals surface area contributed by atoms with E-state index in [9.17, 15) is 0 Å². The van der Waals surface area contributed by atoms with Crippen molar-refractivity contribution in [2.24, 2.45) is 0 Å². The quantitative estimate of drug-likeness (QED) is 0.780. The Morgan fingerprint density at radius 2 is 2.00 bits per heavy atom. The SMILES string of the molecule is CCC(CC)n1ccc(CNC(C)C)n1. The molecule has 0 radical (unpaired) electrons. The summed E-state index contributed by atoms with van der Waals surface area (Å²) in [5.74, 6) is 0. The van der Waals surface area contributed by atoms with E-state index in [0.717, 1.165) is 25.1 Å². The average Bonchev–Trinajstić information content (AvgIpc) is 2.65. The third-order valence-corrected chi connectivity index (χ3v) is 2.67. The summed E-state index contributed by atoms with van der Waals surface area (Å²) < 4.78 is 2.09. The van der Waals surface area contributed by atoms with Gasteiger partial charge in [0.1, 0.15) is 0 Å². The van der Waals surface area contributed by atoms with Crippen LogP contribution in [0.3, 0.4) is 0 Å². The molecule has 3 heteroatoms. The van der Waals surface area contributed by atoms with Gasteiger partial charge in [0.15, 0.2) is 0 Å². The summed E-state index contributed by atoms with van der Waals surface area (Å²) in [4.78, 5) is 0. The molecule has 0 aliphatic heterocycles. The Hall–Kier alpha value is -0.830. The van der Waals surface area contributed by atoms with Crippen LogP contribution < -0.4 is 5.32 Å². The molecule has 1 heterocycles. The molecule has 3 nitrogen and oxygen atoms in total. The first-order valence-electron chi connectivity index (χ1n) is 5.94. The van der Waals surface area contributed by atoms with Crippen LogP contribution in [-0.2, 0) is 6.54 Å². The molecule has 1 aromatic rings. The first kappa shape index (κ1) is 12.2. The minimum atomic E-state index is 0.517. The second-order valence-corrected chi connectivity index (χ2v) is 4.29. The van der Waals surface area contributed by atoms with Crippen LogP contribution in [0.4, 0.5) is 0 Å². The lowest BCUT2D eigenvalue weighted by Crippen LogP contribution is -2.22. The lowest BCUT2D eigenvalue weighted by molar-refractivity contribution is 0.423. The molecule has 1 aromatic heterocycles. The Labute approximate surface area is 92.9 Å². The molecule has 15 heavy (non-hydrogen) atoms. The second-order valence-electron chi connectivity index (χ2n) is 4.29. The van der Waals surface area contributed by atoms with Gasteiger partial charge in [0.05, 0.1) is 11.7 Å². The molecule has 86 valence electrons. The standard InChI is InChI=1S/C12H23N3/c1-5-12(6-2)15-8-7-11(14-15)9-13-10(3)4/h7-8,10,12-13H,5-6,9H2,1-4H3. The van der Waals surface area contributed by atoms with E-state index in [1.165, 1.54) is 0 Å². The Kier molecular flexibility index (Phi) is 4.82. The van der Waals surface area contributed by atoms with Crippen LogP contribution in [0.15, 0.2) is 12.3 Å². The number of nitrogens with one attached hydrogen (secondary N) is 1. The molecule has 0 spiro atoms. The maximum atomic E-state index is 4.58. The predicted octanol–water partition coefficient (Wildman–Crippen LogP) is 2.74. The number of rotatable bonds is 6. The van der Waals surface area contributed by atoms with E-state index < -0.39 is 0 Å². The highest BCUT2D eigenvalue weighted by Crippen LogP contribution is 2.14. The van der Waals surface area contributed by atoms with E-state index in [1.807, 2.05) is 0 Å². The first-order chi connectivity index (χ1) is 7.17. The zero-order chi connectivity index (χ0) is 11.3. The molecular formula is C12H23N3. The van der Waals surface area contributed by atoms with Crippen molar-refractivity contribution < 1.29 is 0 Å². The van der Waals surface area contributed by atoms with Gasteiger partial charge < -0.3 is 5.32 Å². The molecular weight excluding hydrogens is 186 g/mol. The maximum absolute atomic E-state index is 4.58. The lowest BCUT2D eigenvalue weighted by Gasteiger charge is -2.12. The third kappa shape index (κ3) is 3.67. The predicted molar refractivity (Wildman–Crippen MR) is 63.8 cm³/mol. The number of hydrogen-bond acceptors (Lipinski definition) is 2. The molecule has 0 fully saturated rings. The van der Waals surface area contributed by atoms with Crippen molar-refractivity contribution in [3.63, 3.8) is 0 Å². The van der Waals surface area contributed by atoms with Crippen LogP contribution in [0, 0.1) is 0 Å². The Morgan fingerprint density at radius 1 is 1.33 bits per heavy atom. The average molecular weight is 209 g/mol. The van der Waals surface area contributed by atoms with Crippen molar-refractivity contribution in [2.45, 2.75) is 59.2 Å². The zero-order valence-electron chi connectivity index (χ0n) is 10.3. The van der Waals surface area contributed by atoms with E-state index >= 15 is 0 Å². The van der Waals surface area contributed by atoms with Crippen LogP contribution in [0.1, 0.15) is 52.3 Å².